The highest BCUT2D eigenvalue weighted by molar-refractivity contribution is 7.07. The van der Waals surface area contributed by atoms with Crippen molar-refractivity contribution in [3.8, 4) is 5.75 Å². The second kappa shape index (κ2) is 5.10. The topological polar surface area (TPSA) is 54.6 Å². The van der Waals surface area contributed by atoms with Gasteiger partial charge in [-0.25, -0.2) is 0 Å². The molecule has 5 heteroatoms. The molecule has 2 aromatic carbocycles. The fraction of sp³-hybridized carbons (Fsp3) is 0.176. The number of phenolic OH excluding ortho intramolecular Hbond substituents is 1. The molecule has 4 nitrogen and oxygen atoms in total. The number of fused-ring (bicyclic) bond motifs is 2. The van der Waals surface area contributed by atoms with Gasteiger partial charge in [0.05, 0.1) is 4.53 Å². The van der Waals surface area contributed by atoms with E-state index < -0.39 is 0 Å². The minimum absolute atomic E-state index is 0.0178. The third-order valence-electron chi connectivity index (χ3n) is 3.90. The van der Waals surface area contributed by atoms with E-state index in [-0.39, 0.29) is 11.3 Å². The number of thiazole rings is 1. The summed E-state index contributed by atoms with van der Waals surface area (Å²) in [6.07, 6.45) is 2.69. The molecule has 0 atom stereocenters. The Morgan fingerprint density at radius 2 is 2.09 bits per heavy atom. The zero-order valence-corrected chi connectivity index (χ0v) is 12.6. The van der Waals surface area contributed by atoms with Gasteiger partial charge in [0, 0.05) is 18.7 Å². The molecular formula is C17H14N2O2S. The summed E-state index contributed by atoms with van der Waals surface area (Å²) >= 11 is 1.39. The molecular weight excluding hydrogens is 296 g/mol. The fourth-order valence-corrected chi connectivity index (χ4v) is 3.80. The van der Waals surface area contributed by atoms with Crippen LogP contribution < -0.4 is 14.9 Å². The first-order valence-corrected chi connectivity index (χ1v) is 8.02. The monoisotopic (exact) mass is 310 g/mol. The molecule has 0 radical (unpaired) electrons. The van der Waals surface area contributed by atoms with E-state index in [4.69, 9.17) is 0 Å². The standard InChI is InChI=1S/C17H14N2O2S/c20-14-7-6-11-4-1-2-5-12(11)13(14)10-15-16(21)19-9-3-8-18-17(19)22-15/h1-2,4-7,10,20H,3,8-9H2. The highest BCUT2D eigenvalue weighted by Crippen LogP contribution is 2.27. The van der Waals surface area contributed by atoms with Crippen molar-refractivity contribution < 1.29 is 5.11 Å². The maximum Gasteiger partial charge on any atom is 0.270 e. The van der Waals surface area contributed by atoms with E-state index in [1.807, 2.05) is 30.3 Å². The molecule has 1 aliphatic rings. The van der Waals surface area contributed by atoms with Gasteiger partial charge in [-0.15, -0.1) is 0 Å². The summed E-state index contributed by atoms with van der Waals surface area (Å²) in [4.78, 5) is 17.6. The molecule has 1 aliphatic heterocycles. The van der Waals surface area contributed by atoms with Gasteiger partial charge in [0.2, 0.25) is 0 Å². The SMILES string of the molecule is O=c1c(=Cc2c(O)ccc3ccccc23)sc2n1CCCN=2. The van der Waals surface area contributed by atoms with Gasteiger partial charge in [-0.1, -0.05) is 41.7 Å². The third-order valence-corrected chi connectivity index (χ3v) is 4.94. The van der Waals surface area contributed by atoms with Crippen LogP contribution in [0.15, 0.2) is 46.2 Å². The largest absolute Gasteiger partial charge is 0.507 e. The molecule has 0 fully saturated rings. The van der Waals surface area contributed by atoms with Crippen LogP contribution in [0.3, 0.4) is 0 Å². The highest BCUT2D eigenvalue weighted by atomic mass is 32.1. The number of hydrogen-bond donors (Lipinski definition) is 1. The maximum absolute atomic E-state index is 12.5. The van der Waals surface area contributed by atoms with Gasteiger partial charge < -0.3 is 5.11 Å². The van der Waals surface area contributed by atoms with E-state index >= 15 is 0 Å². The van der Waals surface area contributed by atoms with Crippen molar-refractivity contribution in [3.05, 3.63) is 61.6 Å². The summed E-state index contributed by atoms with van der Waals surface area (Å²) < 4.78 is 2.34. The van der Waals surface area contributed by atoms with Crippen molar-refractivity contribution >= 4 is 28.2 Å². The molecule has 1 N–H and O–H groups in total. The van der Waals surface area contributed by atoms with Crippen molar-refractivity contribution in [2.75, 3.05) is 6.54 Å². The van der Waals surface area contributed by atoms with Crippen LogP contribution in [0.1, 0.15) is 12.0 Å². The van der Waals surface area contributed by atoms with Crippen LogP contribution in [0.4, 0.5) is 0 Å². The molecule has 2 heterocycles. The van der Waals surface area contributed by atoms with E-state index in [0.717, 1.165) is 35.1 Å². The normalized spacial score (nSPS) is 14.8. The molecule has 0 aliphatic carbocycles. The summed E-state index contributed by atoms with van der Waals surface area (Å²) in [5, 5.41) is 12.2. The third kappa shape index (κ3) is 2.05. The molecule has 4 rings (SSSR count). The predicted octanol–water partition coefficient (Wildman–Crippen LogP) is 1.62. The van der Waals surface area contributed by atoms with Gasteiger partial charge in [-0.05, 0) is 29.3 Å². The van der Waals surface area contributed by atoms with E-state index in [1.54, 1.807) is 16.7 Å². The Labute approximate surface area is 130 Å². The van der Waals surface area contributed by atoms with Gasteiger partial charge in [0.1, 0.15) is 5.75 Å². The Kier molecular flexibility index (Phi) is 3.08. The molecule has 110 valence electrons. The molecule has 0 bridgehead atoms. The number of nitrogens with zero attached hydrogens (tertiary/aromatic N) is 2. The predicted molar refractivity (Wildman–Crippen MR) is 88.0 cm³/mol. The lowest BCUT2D eigenvalue weighted by atomic mass is 10.0. The molecule has 0 saturated heterocycles. The smallest absolute Gasteiger partial charge is 0.270 e. The van der Waals surface area contributed by atoms with Gasteiger partial charge in [0.25, 0.3) is 5.56 Å². The van der Waals surface area contributed by atoms with E-state index in [1.165, 1.54) is 11.3 Å². The van der Waals surface area contributed by atoms with Gasteiger partial charge >= 0.3 is 0 Å². The number of aromatic nitrogens is 1. The summed E-state index contributed by atoms with van der Waals surface area (Å²) in [5.74, 6) is 0.186. The first kappa shape index (κ1) is 13.3. The Balaban J connectivity index is 2.04. The number of rotatable bonds is 1. The van der Waals surface area contributed by atoms with Crippen molar-refractivity contribution in [1.82, 2.24) is 4.57 Å². The van der Waals surface area contributed by atoms with Crippen LogP contribution in [-0.4, -0.2) is 16.2 Å². The van der Waals surface area contributed by atoms with E-state index in [9.17, 15) is 9.90 Å². The number of benzene rings is 2. The number of aromatic hydroxyl groups is 1. The van der Waals surface area contributed by atoms with Crippen molar-refractivity contribution in [3.63, 3.8) is 0 Å². The number of phenols is 1. The number of hydrogen-bond acceptors (Lipinski definition) is 4. The van der Waals surface area contributed by atoms with Gasteiger partial charge in [-0.3, -0.25) is 14.4 Å². The summed E-state index contributed by atoms with van der Waals surface area (Å²) in [6.45, 7) is 1.50. The van der Waals surface area contributed by atoms with Crippen LogP contribution in [0.2, 0.25) is 0 Å². The molecule has 3 aromatic rings. The maximum atomic E-state index is 12.5. The van der Waals surface area contributed by atoms with E-state index in [0.29, 0.717) is 10.1 Å². The van der Waals surface area contributed by atoms with Crippen molar-refractivity contribution in [2.24, 2.45) is 4.99 Å². The second-order valence-electron chi connectivity index (χ2n) is 5.30. The lowest BCUT2D eigenvalue weighted by molar-refractivity contribution is 0.475. The quantitative estimate of drug-likeness (QED) is 0.742. The molecule has 0 saturated carbocycles. The lowest BCUT2D eigenvalue weighted by Crippen LogP contribution is -2.33. The molecule has 0 spiro atoms. The van der Waals surface area contributed by atoms with Crippen molar-refractivity contribution in [2.45, 2.75) is 13.0 Å². The minimum atomic E-state index is -0.0178. The van der Waals surface area contributed by atoms with Gasteiger partial charge in [-0.2, -0.15) is 0 Å². The Hall–Kier alpha value is -2.40. The molecule has 0 amide bonds. The lowest BCUT2D eigenvalue weighted by Gasteiger charge is -2.04. The van der Waals surface area contributed by atoms with Crippen molar-refractivity contribution in [1.29, 1.82) is 0 Å². The fourth-order valence-electron chi connectivity index (χ4n) is 2.79. The summed E-state index contributed by atoms with van der Waals surface area (Å²) in [5.41, 5.74) is 0.671. The van der Waals surface area contributed by atoms with Crippen LogP contribution in [-0.2, 0) is 6.54 Å². The zero-order chi connectivity index (χ0) is 15.1. The van der Waals surface area contributed by atoms with Crippen LogP contribution >= 0.6 is 11.3 Å². The van der Waals surface area contributed by atoms with Gasteiger partial charge in [0.15, 0.2) is 4.80 Å². The molecule has 1 aromatic heterocycles. The second-order valence-corrected chi connectivity index (χ2v) is 6.31. The average Bonchev–Trinajstić information content (AvgIpc) is 2.87. The Morgan fingerprint density at radius 3 is 2.95 bits per heavy atom. The Bertz CT molecular complexity index is 1050. The Morgan fingerprint density at radius 1 is 1.23 bits per heavy atom. The molecule has 0 unspecified atom stereocenters. The minimum Gasteiger partial charge on any atom is -0.507 e. The van der Waals surface area contributed by atoms with Crippen LogP contribution in [0.5, 0.6) is 5.75 Å². The zero-order valence-electron chi connectivity index (χ0n) is 11.8. The average molecular weight is 310 g/mol. The van der Waals surface area contributed by atoms with Crippen LogP contribution in [0.25, 0.3) is 16.8 Å². The summed E-state index contributed by atoms with van der Waals surface area (Å²) in [6, 6.07) is 11.4. The van der Waals surface area contributed by atoms with Crippen LogP contribution in [0, 0.1) is 0 Å². The molecule has 22 heavy (non-hydrogen) atoms. The first-order valence-electron chi connectivity index (χ1n) is 7.20. The summed E-state index contributed by atoms with van der Waals surface area (Å²) in [7, 11) is 0. The first-order chi connectivity index (χ1) is 10.7. The highest BCUT2D eigenvalue weighted by Gasteiger charge is 2.10. The van der Waals surface area contributed by atoms with E-state index in [2.05, 4.69) is 4.99 Å².